The van der Waals surface area contributed by atoms with Crippen molar-refractivity contribution in [2.45, 2.75) is 6.54 Å². The Morgan fingerprint density at radius 1 is 1.16 bits per heavy atom. The molecule has 1 aliphatic rings. The van der Waals surface area contributed by atoms with Gasteiger partial charge in [-0.15, -0.1) is 0 Å². The number of benzene rings is 1. The van der Waals surface area contributed by atoms with E-state index >= 15 is 0 Å². The maximum absolute atomic E-state index is 5.67. The van der Waals surface area contributed by atoms with Crippen molar-refractivity contribution in [3.8, 4) is 0 Å². The molecule has 3 rings (SSSR count). The third-order valence-electron chi connectivity index (χ3n) is 4.20. The smallest absolute Gasteiger partial charge is 0.173 e. The highest BCUT2D eigenvalue weighted by molar-refractivity contribution is 7.80. The number of hydrogen-bond acceptors (Lipinski definition) is 4. The Morgan fingerprint density at radius 3 is 2.68 bits per heavy atom. The van der Waals surface area contributed by atoms with Crippen LogP contribution in [0.2, 0.25) is 0 Å². The Labute approximate surface area is 154 Å². The summed E-state index contributed by atoms with van der Waals surface area (Å²) in [6.45, 7) is 6.19. The molecule has 0 aliphatic carbocycles. The van der Waals surface area contributed by atoms with Gasteiger partial charge in [0.15, 0.2) is 5.11 Å². The molecule has 0 unspecified atom stereocenters. The fourth-order valence-electron chi connectivity index (χ4n) is 2.78. The average molecular weight is 356 g/mol. The number of nitrogens with one attached hydrogen (secondary N) is 1. The number of thiocarbonyl (C=S) groups is 1. The second-order valence-corrected chi connectivity index (χ2v) is 6.42. The summed E-state index contributed by atoms with van der Waals surface area (Å²) in [4.78, 5) is 8.84. The number of morpholine rings is 1. The molecule has 1 aliphatic heterocycles. The third-order valence-corrected chi connectivity index (χ3v) is 4.56. The largest absolute Gasteiger partial charge is 0.379 e. The molecule has 6 heteroatoms. The molecule has 0 spiro atoms. The van der Waals surface area contributed by atoms with E-state index in [0.29, 0.717) is 0 Å². The van der Waals surface area contributed by atoms with Gasteiger partial charge in [0.2, 0.25) is 0 Å². The van der Waals surface area contributed by atoms with Crippen molar-refractivity contribution in [3.63, 3.8) is 0 Å². The van der Waals surface area contributed by atoms with E-state index < -0.39 is 0 Å². The van der Waals surface area contributed by atoms with Crippen molar-refractivity contribution in [2.24, 2.45) is 0 Å². The van der Waals surface area contributed by atoms with Gasteiger partial charge in [-0.3, -0.25) is 9.88 Å². The normalized spacial score (nSPS) is 14.9. The lowest BCUT2D eigenvalue weighted by atomic mass is 10.2. The Kier molecular flexibility index (Phi) is 6.73. The molecule has 5 nitrogen and oxygen atoms in total. The molecule has 1 saturated heterocycles. The summed E-state index contributed by atoms with van der Waals surface area (Å²) in [5.41, 5.74) is 2.16. The lowest BCUT2D eigenvalue weighted by molar-refractivity contribution is 0.0358. The Balaban J connectivity index is 1.63. The molecule has 1 aromatic heterocycles. The number of para-hydroxylation sites is 1. The number of nitrogens with zero attached hydrogens (tertiary/aromatic N) is 3. The Bertz CT molecular complexity index is 647. The second kappa shape index (κ2) is 9.46. The molecule has 0 bridgehead atoms. The summed E-state index contributed by atoms with van der Waals surface area (Å²) in [5.74, 6) is 0. The van der Waals surface area contributed by atoms with E-state index in [1.807, 2.05) is 42.6 Å². The predicted molar refractivity (Wildman–Crippen MR) is 105 cm³/mol. The highest BCUT2D eigenvalue weighted by Gasteiger charge is 2.15. The van der Waals surface area contributed by atoms with Crippen LogP contribution in [0.25, 0.3) is 0 Å². The monoisotopic (exact) mass is 356 g/mol. The first-order chi connectivity index (χ1) is 12.3. The van der Waals surface area contributed by atoms with Gasteiger partial charge in [-0.1, -0.05) is 24.3 Å². The summed E-state index contributed by atoms with van der Waals surface area (Å²) in [6.07, 6.45) is 3.69. The van der Waals surface area contributed by atoms with Gasteiger partial charge in [0.25, 0.3) is 0 Å². The lowest BCUT2D eigenvalue weighted by Gasteiger charge is -2.31. The maximum atomic E-state index is 5.67. The molecule has 0 amide bonds. The Hall–Kier alpha value is -2.02. The Morgan fingerprint density at radius 2 is 1.96 bits per heavy atom. The second-order valence-electron chi connectivity index (χ2n) is 6.03. The summed E-state index contributed by atoms with van der Waals surface area (Å²) in [6, 6.07) is 14.1. The molecule has 1 fully saturated rings. The van der Waals surface area contributed by atoms with Crippen molar-refractivity contribution in [3.05, 3.63) is 60.4 Å². The summed E-state index contributed by atoms with van der Waals surface area (Å²) >= 11 is 5.67. The van der Waals surface area contributed by atoms with E-state index in [9.17, 15) is 0 Å². The van der Waals surface area contributed by atoms with E-state index in [-0.39, 0.29) is 0 Å². The molecule has 0 radical (unpaired) electrons. The average Bonchev–Trinajstić information content (AvgIpc) is 2.67. The fourth-order valence-corrected chi connectivity index (χ4v) is 3.05. The van der Waals surface area contributed by atoms with Gasteiger partial charge in [-0.05, 0) is 36.0 Å². The minimum atomic E-state index is 0.739. The predicted octanol–water partition coefficient (Wildman–Crippen LogP) is 2.61. The summed E-state index contributed by atoms with van der Waals surface area (Å²) in [7, 11) is 0. The van der Waals surface area contributed by atoms with Crippen LogP contribution in [0.4, 0.5) is 5.69 Å². The van der Waals surface area contributed by atoms with Crippen molar-refractivity contribution < 1.29 is 4.74 Å². The van der Waals surface area contributed by atoms with Crippen LogP contribution in [0.3, 0.4) is 0 Å². The van der Waals surface area contributed by atoms with E-state index in [1.54, 1.807) is 6.20 Å². The lowest BCUT2D eigenvalue weighted by Crippen LogP contribution is -2.43. The number of pyridine rings is 1. The van der Waals surface area contributed by atoms with Crippen molar-refractivity contribution in [1.82, 2.24) is 14.8 Å². The van der Waals surface area contributed by atoms with Crippen LogP contribution < -0.4 is 5.32 Å². The third kappa shape index (κ3) is 5.77. The zero-order valence-electron chi connectivity index (χ0n) is 14.3. The van der Waals surface area contributed by atoms with Crippen LogP contribution in [0.5, 0.6) is 0 Å². The van der Waals surface area contributed by atoms with Crippen molar-refractivity contribution in [2.75, 3.05) is 44.7 Å². The maximum Gasteiger partial charge on any atom is 0.173 e. The van der Waals surface area contributed by atoms with Gasteiger partial charge >= 0.3 is 0 Å². The molecule has 1 N–H and O–H groups in total. The first-order valence-corrected chi connectivity index (χ1v) is 9.02. The number of hydrogen-bond donors (Lipinski definition) is 1. The molecular formula is C19H24N4OS. The topological polar surface area (TPSA) is 40.6 Å². The van der Waals surface area contributed by atoms with Gasteiger partial charge in [0, 0.05) is 50.8 Å². The SMILES string of the molecule is S=C(Nc1ccccc1)N(CCN1CCOCC1)Cc1cccnc1. The number of anilines is 1. The molecule has 0 atom stereocenters. The zero-order chi connectivity index (χ0) is 17.3. The fraction of sp³-hybridized carbons (Fsp3) is 0.368. The minimum Gasteiger partial charge on any atom is -0.379 e. The standard InChI is InChI=1S/C19H24N4OS/c25-19(21-18-6-2-1-3-7-18)23(16-17-5-4-8-20-15-17)10-9-22-11-13-24-14-12-22/h1-8,15H,9-14,16H2,(H,21,25). The molecule has 1 aromatic carbocycles. The van der Waals surface area contributed by atoms with E-state index in [0.717, 1.165) is 62.3 Å². The van der Waals surface area contributed by atoms with Crippen molar-refractivity contribution >= 4 is 23.0 Å². The van der Waals surface area contributed by atoms with Crippen LogP contribution in [-0.4, -0.2) is 59.3 Å². The number of ether oxygens (including phenoxy) is 1. The summed E-state index contributed by atoms with van der Waals surface area (Å²) in [5, 5.41) is 4.08. The highest BCUT2D eigenvalue weighted by atomic mass is 32.1. The quantitative estimate of drug-likeness (QED) is 0.803. The van der Waals surface area contributed by atoms with Crippen LogP contribution in [0.15, 0.2) is 54.9 Å². The zero-order valence-corrected chi connectivity index (χ0v) is 15.1. The van der Waals surface area contributed by atoms with Gasteiger partial charge in [-0.2, -0.15) is 0 Å². The van der Waals surface area contributed by atoms with Crippen LogP contribution in [-0.2, 0) is 11.3 Å². The van der Waals surface area contributed by atoms with E-state index in [2.05, 4.69) is 26.2 Å². The molecule has 2 aromatic rings. The van der Waals surface area contributed by atoms with Gasteiger partial charge in [0.1, 0.15) is 0 Å². The summed E-state index contributed by atoms with van der Waals surface area (Å²) < 4.78 is 5.43. The van der Waals surface area contributed by atoms with Gasteiger partial charge in [0.05, 0.1) is 13.2 Å². The van der Waals surface area contributed by atoms with Crippen LogP contribution in [0, 0.1) is 0 Å². The van der Waals surface area contributed by atoms with Gasteiger partial charge < -0.3 is 15.0 Å². The minimum absolute atomic E-state index is 0.739. The molecule has 132 valence electrons. The van der Waals surface area contributed by atoms with Crippen LogP contribution >= 0.6 is 12.2 Å². The molecule has 25 heavy (non-hydrogen) atoms. The van der Waals surface area contributed by atoms with E-state index in [1.165, 1.54) is 0 Å². The molecule has 0 saturated carbocycles. The highest BCUT2D eigenvalue weighted by Crippen LogP contribution is 2.10. The first-order valence-electron chi connectivity index (χ1n) is 8.61. The van der Waals surface area contributed by atoms with E-state index in [4.69, 9.17) is 17.0 Å². The molecular weight excluding hydrogens is 332 g/mol. The molecule has 2 heterocycles. The van der Waals surface area contributed by atoms with Crippen LogP contribution in [0.1, 0.15) is 5.56 Å². The number of aromatic nitrogens is 1. The van der Waals surface area contributed by atoms with Gasteiger partial charge in [-0.25, -0.2) is 0 Å². The van der Waals surface area contributed by atoms with Crippen molar-refractivity contribution in [1.29, 1.82) is 0 Å². The number of rotatable bonds is 6. The first kappa shape index (κ1) is 17.8.